The van der Waals surface area contributed by atoms with Gasteiger partial charge < -0.3 is 14.4 Å². The predicted octanol–water partition coefficient (Wildman–Crippen LogP) is 3.38. The average Bonchev–Trinajstić information content (AvgIpc) is 2.35. The summed E-state index contributed by atoms with van der Waals surface area (Å²) in [7, 11) is 1.78. The topological polar surface area (TPSA) is 38.8 Å². The van der Waals surface area contributed by atoms with Crippen molar-refractivity contribution in [2.45, 2.75) is 38.8 Å². The normalized spacial score (nSPS) is 18.2. The van der Waals surface area contributed by atoms with Crippen LogP contribution in [0.1, 0.15) is 38.8 Å². The molecule has 0 aliphatic carbocycles. The number of carbonyl (C=O) groups excluding carboxylic acids is 1. The maximum Gasteiger partial charge on any atom is 0.410 e. The molecule has 0 unspecified atom stereocenters. The molecule has 0 saturated carbocycles. The fraction of sp³-hybridized carbons (Fsp3) is 0.533. The summed E-state index contributed by atoms with van der Waals surface area (Å²) in [5.41, 5.74) is 0.567. The predicted molar refractivity (Wildman–Crippen MR) is 73.3 cm³/mol. The number of hydrogen-bond donors (Lipinski definition) is 0. The summed E-state index contributed by atoms with van der Waals surface area (Å²) in [4.78, 5) is 13.8. The second kappa shape index (κ2) is 5.11. The lowest BCUT2D eigenvalue weighted by molar-refractivity contribution is 0.0182. The molecule has 0 spiro atoms. The molecule has 104 valence electrons. The van der Waals surface area contributed by atoms with E-state index in [0.717, 1.165) is 17.7 Å². The Morgan fingerprint density at radius 2 is 2.05 bits per heavy atom. The zero-order valence-corrected chi connectivity index (χ0v) is 12.0. The summed E-state index contributed by atoms with van der Waals surface area (Å²) in [6.45, 7) is 6.23. The van der Waals surface area contributed by atoms with Crippen LogP contribution in [0.15, 0.2) is 24.3 Å². The standard InChI is InChI=1S/C15H21NO3/c1-15(2,3)19-14(17)16(4)12-9-10-18-13-8-6-5-7-11(12)13/h5-8,12H,9-10H2,1-4H3/t12-/m0/s1. The lowest BCUT2D eigenvalue weighted by Gasteiger charge is -2.34. The van der Waals surface area contributed by atoms with E-state index in [0.29, 0.717) is 6.61 Å². The van der Waals surface area contributed by atoms with Gasteiger partial charge in [0.15, 0.2) is 0 Å². The molecule has 1 aliphatic rings. The van der Waals surface area contributed by atoms with Crippen molar-refractivity contribution < 1.29 is 14.3 Å². The van der Waals surface area contributed by atoms with Crippen molar-refractivity contribution in [2.24, 2.45) is 0 Å². The Morgan fingerprint density at radius 1 is 1.37 bits per heavy atom. The van der Waals surface area contributed by atoms with Crippen LogP contribution in [0.25, 0.3) is 0 Å². The molecule has 4 nitrogen and oxygen atoms in total. The zero-order chi connectivity index (χ0) is 14.0. The van der Waals surface area contributed by atoms with E-state index in [9.17, 15) is 4.79 Å². The molecule has 2 rings (SSSR count). The third kappa shape index (κ3) is 3.19. The van der Waals surface area contributed by atoms with Crippen LogP contribution in [0.3, 0.4) is 0 Å². The van der Waals surface area contributed by atoms with E-state index < -0.39 is 5.60 Å². The number of rotatable bonds is 1. The summed E-state index contributed by atoms with van der Waals surface area (Å²) >= 11 is 0. The van der Waals surface area contributed by atoms with Gasteiger partial charge in [0.2, 0.25) is 0 Å². The number of fused-ring (bicyclic) bond motifs is 1. The van der Waals surface area contributed by atoms with Gasteiger partial charge in [0, 0.05) is 19.0 Å². The fourth-order valence-corrected chi connectivity index (χ4v) is 2.19. The first kappa shape index (κ1) is 13.7. The third-order valence-corrected chi connectivity index (χ3v) is 3.08. The average molecular weight is 263 g/mol. The molecule has 1 aromatic rings. The molecule has 0 radical (unpaired) electrons. The van der Waals surface area contributed by atoms with Gasteiger partial charge in [-0.15, -0.1) is 0 Å². The van der Waals surface area contributed by atoms with E-state index >= 15 is 0 Å². The quantitative estimate of drug-likeness (QED) is 0.779. The second-order valence-corrected chi connectivity index (χ2v) is 5.78. The SMILES string of the molecule is CN(C(=O)OC(C)(C)C)[C@H]1CCOc2ccccc21. The molecule has 1 heterocycles. The van der Waals surface area contributed by atoms with Gasteiger partial charge in [-0.25, -0.2) is 4.79 Å². The van der Waals surface area contributed by atoms with Crippen LogP contribution >= 0.6 is 0 Å². The zero-order valence-electron chi connectivity index (χ0n) is 12.0. The summed E-state index contributed by atoms with van der Waals surface area (Å²) < 4.78 is 11.0. The molecule has 1 aromatic carbocycles. The molecule has 4 heteroatoms. The van der Waals surface area contributed by atoms with E-state index in [1.165, 1.54) is 0 Å². The highest BCUT2D eigenvalue weighted by atomic mass is 16.6. The minimum Gasteiger partial charge on any atom is -0.493 e. The summed E-state index contributed by atoms with van der Waals surface area (Å²) in [6.07, 6.45) is 0.487. The van der Waals surface area contributed by atoms with Gasteiger partial charge in [0.25, 0.3) is 0 Å². The smallest absolute Gasteiger partial charge is 0.410 e. The van der Waals surface area contributed by atoms with Crippen molar-refractivity contribution in [3.63, 3.8) is 0 Å². The Labute approximate surface area is 114 Å². The van der Waals surface area contributed by atoms with Crippen molar-refractivity contribution in [2.75, 3.05) is 13.7 Å². The van der Waals surface area contributed by atoms with Gasteiger partial charge in [0.1, 0.15) is 11.4 Å². The molecular weight excluding hydrogens is 242 g/mol. The number of hydrogen-bond acceptors (Lipinski definition) is 3. The van der Waals surface area contributed by atoms with Gasteiger partial charge in [-0.1, -0.05) is 18.2 Å². The summed E-state index contributed by atoms with van der Waals surface area (Å²) in [5.74, 6) is 0.856. The molecule has 1 amide bonds. The second-order valence-electron chi connectivity index (χ2n) is 5.78. The van der Waals surface area contributed by atoms with Crippen molar-refractivity contribution in [1.82, 2.24) is 4.90 Å². The molecule has 0 saturated heterocycles. The molecule has 0 aromatic heterocycles. The molecule has 0 N–H and O–H groups in total. The van der Waals surface area contributed by atoms with E-state index in [-0.39, 0.29) is 12.1 Å². The first-order valence-electron chi connectivity index (χ1n) is 6.56. The molecule has 19 heavy (non-hydrogen) atoms. The van der Waals surface area contributed by atoms with Crippen LogP contribution in [0, 0.1) is 0 Å². The Bertz CT molecular complexity index is 465. The maximum atomic E-state index is 12.1. The lowest BCUT2D eigenvalue weighted by Crippen LogP contribution is -2.38. The Morgan fingerprint density at radius 3 is 2.74 bits per heavy atom. The first-order valence-corrected chi connectivity index (χ1v) is 6.56. The largest absolute Gasteiger partial charge is 0.493 e. The van der Waals surface area contributed by atoms with E-state index in [4.69, 9.17) is 9.47 Å². The Balaban J connectivity index is 2.17. The van der Waals surface area contributed by atoms with Crippen LogP contribution in [0.2, 0.25) is 0 Å². The summed E-state index contributed by atoms with van der Waals surface area (Å²) in [5, 5.41) is 0. The highest BCUT2D eigenvalue weighted by molar-refractivity contribution is 5.68. The number of para-hydroxylation sites is 1. The van der Waals surface area contributed by atoms with Crippen molar-refractivity contribution in [3.8, 4) is 5.75 Å². The molecular formula is C15H21NO3. The molecule has 0 fully saturated rings. The van der Waals surface area contributed by atoms with Crippen LogP contribution in [0.4, 0.5) is 4.79 Å². The van der Waals surface area contributed by atoms with Crippen LogP contribution in [-0.2, 0) is 4.74 Å². The number of nitrogens with zero attached hydrogens (tertiary/aromatic N) is 1. The van der Waals surface area contributed by atoms with E-state index in [2.05, 4.69) is 0 Å². The van der Waals surface area contributed by atoms with Crippen LogP contribution in [-0.4, -0.2) is 30.2 Å². The fourth-order valence-electron chi connectivity index (χ4n) is 2.19. The van der Waals surface area contributed by atoms with Crippen LogP contribution in [0.5, 0.6) is 5.75 Å². The van der Waals surface area contributed by atoms with Crippen molar-refractivity contribution in [1.29, 1.82) is 0 Å². The number of benzene rings is 1. The van der Waals surface area contributed by atoms with Gasteiger partial charge >= 0.3 is 6.09 Å². The molecule has 1 atom stereocenters. The Kier molecular flexibility index (Phi) is 3.69. The monoisotopic (exact) mass is 263 g/mol. The highest BCUT2D eigenvalue weighted by Crippen LogP contribution is 2.35. The van der Waals surface area contributed by atoms with E-state index in [1.807, 2.05) is 45.0 Å². The number of carbonyl (C=O) groups is 1. The first-order chi connectivity index (χ1) is 8.88. The van der Waals surface area contributed by atoms with Crippen molar-refractivity contribution >= 4 is 6.09 Å². The molecule has 0 bridgehead atoms. The lowest BCUT2D eigenvalue weighted by atomic mass is 10.00. The minimum atomic E-state index is -0.476. The summed E-state index contributed by atoms with van der Waals surface area (Å²) in [6, 6.07) is 7.85. The van der Waals surface area contributed by atoms with Gasteiger partial charge in [-0.2, -0.15) is 0 Å². The van der Waals surface area contributed by atoms with Gasteiger partial charge in [0.05, 0.1) is 12.6 Å². The number of amides is 1. The highest BCUT2D eigenvalue weighted by Gasteiger charge is 2.30. The van der Waals surface area contributed by atoms with Gasteiger partial charge in [-0.3, -0.25) is 0 Å². The van der Waals surface area contributed by atoms with Crippen molar-refractivity contribution in [3.05, 3.63) is 29.8 Å². The molecule has 1 aliphatic heterocycles. The van der Waals surface area contributed by atoms with Gasteiger partial charge in [-0.05, 0) is 26.8 Å². The minimum absolute atomic E-state index is 0.0137. The Hall–Kier alpha value is -1.71. The maximum absolute atomic E-state index is 12.1. The van der Waals surface area contributed by atoms with Crippen LogP contribution < -0.4 is 4.74 Å². The number of ether oxygens (including phenoxy) is 2. The van der Waals surface area contributed by atoms with E-state index in [1.54, 1.807) is 11.9 Å². The third-order valence-electron chi connectivity index (χ3n) is 3.08.